The van der Waals surface area contributed by atoms with Crippen LogP contribution in [-0.2, 0) is 4.79 Å². The number of carbonyl (C=O) groups excluding carboxylic acids is 1. The number of amides is 1. The summed E-state index contributed by atoms with van der Waals surface area (Å²) in [6.07, 6.45) is -0.178. The van der Waals surface area contributed by atoms with Gasteiger partial charge in [0.1, 0.15) is 17.9 Å². The number of hydrogen-bond donors (Lipinski definition) is 0. The highest BCUT2D eigenvalue weighted by Crippen LogP contribution is 2.34. The first-order chi connectivity index (χ1) is 14.4. The van der Waals surface area contributed by atoms with Gasteiger partial charge in [0.25, 0.3) is 5.91 Å². The minimum absolute atomic E-state index is 0.0490. The minimum atomic E-state index is -0.854. The predicted octanol–water partition coefficient (Wildman–Crippen LogP) is 3.70. The number of benzene rings is 2. The van der Waals surface area contributed by atoms with Crippen molar-refractivity contribution in [3.8, 4) is 11.5 Å². The average Bonchev–Trinajstić information content (AvgIpc) is 3.14. The fourth-order valence-electron chi connectivity index (χ4n) is 3.22. The molecule has 2 aromatic carbocycles. The molecule has 158 valence electrons. The first-order valence-electron chi connectivity index (χ1n) is 9.52. The summed E-state index contributed by atoms with van der Waals surface area (Å²) in [5.74, 6) is -0.685. The summed E-state index contributed by atoms with van der Waals surface area (Å²) in [7, 11) is 3.88. The second-order valence-electron chi connectivity index (χ2n) is 7.24. The fraction of sp³-hybridized carbons (Fsp3) is 0.333. The summed E-state index contributed by atoms with van der Waals surface area (Å²) in [5, 5.41) is 0.306. The van der Waals surface area contributed by atoms with Gasteiger partial charge in [-0.3, -0.25) is 9.69 Å². The van der Waals surface area contributed by atoms with Crippen molar-refractivity contribution < 1.29 is 23.0 Å². The third-order valence-electron chi connectivity index (χ3n) is 4.67. The van der Waals surface area contributed by atoms with Crippen LogP contribution in [0.5, 0.6) is 11.5 Å². The first-order valence-corrected chi connectivity index (χ1v) is 10.3. The van der Waals surface area contributed by atoms with Crippen LogP contribution in [0.3, 0.4) is 0 Å². The molecule has 30 heavy (non-hydrogen) atoms. The summed E-state index contributed by atoms with van der Waals surface area (Å²) in [6, 6.07) is 9.15. The molecule has 6 nitrogen and oxygen atoms in total. The number of fused-ring (bicyclic) bond motifs is 2. The Morgan fingerprint density at radius 3 is 2.73 bits per heavy atom. The number of carbonyl (C=O) groups is 1. The molecular weight excluding hydrogens is 412 g/mol. The predicted molar refractivity (Wildman–Crippen MR) is 111 cm³/mol. The zero-order chi connectivity index (χ0) is 21.3. The molecule has 2 heterocycles. The van der Waals surface area contributed by atoms with Gasteiger partial charge >= 0.3 is 0 Å². The topological polar surface area (TPSA) is 54.9 Å². The summed E-state index contributed by atoms with van der Waals surface area (Å²) >= 11 is 1.07. The molecule has 0 bridgehead atoms. The van der Waals surface area contributed by atoms with E-state index in [1.165, 1.54) is 11.0 Å². The number of halogens is 2. The number of ether oxygens (including phenoxy) is 2. The fourth-order valence-corrected chi connectivity index (χ4v) is 4.26. The van der Waals surface area contributed by atoms with Crippen LogP contribution < -0.4 is 14.4 Å². The maximum absolute atomic E-state index is 14.2. The Kier molecular flexibility index (Phi) is 5.83. The molecule has 1 unspecified atom stereocenters. The Morgan fingerprint density at radius 2 is 1.97 bits per heavy atom. The van der Waals surface area contributed by atoms with Gasteiger partial charge in [-0.05, 0) is 45.3 Å². The molecule has 1 aliphatic rings. The highest BCUT2D eigenvalue weighted by atomic mass is 32.1. The molecule has 1 amide bonds. The number of hydrogen-bond acceptors (Lipinski definition) is 6. The van der Waals surface area contributed by atoms with Crippen molar-refractivity contribution in [2.45, 2.75) is 12.5 Å². The number of nitrogens with zero attached hydrogens (tertiary/aromatic N) is 3. The molecule has 9 heteroatoms. The van der Waals surface area contributed by atoms with Gasteiger partial charge in [-0.1, -0.05) is 23.5 Å². The average molecular weight is 433 g/mol. The minimum Gasteiger partial charge on any atom is -0.485 e. The third-order valence-corrected chi connectivity index (χ3v) is 5.70. The molecule has 3 aromatic rings. The van der Waals surface area contributed by atoms with Gasteiger partial charge in [-0.25, -0.2) is 13.8 Å². The quantitative estimate of drug-likeness (QED) is 0.593. The first kappa shape index (κ1) is 20.5. The maximum atomic E-state index is 14.2. The summed E-state index contributed by atoms with van der Waals surface area (Å²) in [5.41, 5.74) is 0.0490. The van der Waals surface area contributed by atoms with Gasteiger partial charge < -0.3 is 14.4 Å². The molecule has 0 aliphatic carbocycles. The van der Waals surface area contributed by atoms with Gasteiger partial charge in [0.05, 0.1) is 4.70 Å². The lowest BCUT2D eigenvalue weighted by atomic mass is 10.2. The van der Waals surface area contributed by atoms with Crippen molar-refractivity contribution in [3.05, 3.63) is 48.0 Å². The molecule has 0 N–H and O–H groups in total. The van der Waals surface area contributed by atoms with Crippen molar-refractivity contribution >= 4 is 32.6 Å². The van der Waals surface area contributed by atoms with Gasteiger partial charge in [-0.15, -0.1) is 0 Å². The highest BCUT2D eigenvalue weighted by molar-refractivity contribution is 7.22. The zero-order valence-electron chi connectivity index (χ0n) is 16.6. The Labute approximate surface area is 176 Å². The number of anilines is 1. The lowest BCUT2D eigenvalue weighted by molar-refractivity contribution is -0.127. The Balaban J connectivity index is 1.63. The van der Waals surface area contributed by atoms with Gasteiger partial charge in [-0.2, -0.15) is 0 Å². The van der Waals surface area contributed by atoms with Crippen LogP contribution in [-0.4, -0.2) is 55.7 Å². The number of aromatic nitrogens is 1. The van der Waals surface area contributed by atoms with Crippen LogP contribution in [0.2, 0.25) is 0 Å². The van der Waals surface area contributed by atoms with Crippen molar-refractivity contribution in [1.29, 1.82) is 0 Å². The van der Waals surface area contributed by atoms with Crippen LogP contribution in [0.25, 0.3) is 10.2 Å². The second-order valence-corrected chi connectivity index (χ2v) is 8.25. The second kappa shape index (κ2) is 8.53. The molecular formula is C21H21F2N3O3S. The summed E-state index contributed by atoms with van der Waals surface area (Å²) in [4.78, 5) is 21.1. The van der Waals surface area contributed by atoms with Crippen LogP contribution in [0.15, 0.2) is 36.4 Å². The number of thiazole rings is 1. The smallest absolute Gasteiger partial charge is 0.273 e. The summed E-state index contributed by atoms with van der Waals surface area (Å²) in [6.45, 7) is 1.18. The van der Waals surface area contributed by atoms with Crippen molar-refractivity contribution in [2.24, 2.45) is 0 Å². The van der Waals surface area contributed by atoms with Gasteiger partial charge in [0.15, 0.2) is 22.4 Å². The highest BCUT2D eigenvalue weighted by Gasteiger charge is 2.33. The van der Waals surface area contributed by atoms with Crippen LogP contribution in [0, 0.1) is 11.6 Å². The van der Waals surface area contributed by atoms with E-state index < -0.39 is 17.7 Å². The SMILES string of the molecule is CN(C)CCCN(C(=O)C1COc2ccccc2O1)c1nc2c(F)cc(F)cc2s1. The lowest BCUT2D eigenvalue weighted by Crippen LogP contribution is -2.47. The van der Waals surface area contributed by atoms with Crippen molar-refractivity contribution in [2.75, 3.05) is 38.7 Å². The van der Waals surface area contributed by atoms with E-state index in [4.69, 9.17) is 9.47 Å². The van der Waals surface area contributed by atoms with Gasteiger partial charge in [0, 0.05) is 12.6 Å². The zero-order valence-corrected chi connectivity index (χ0v) is 17.4. The Bertz CT molecular complexity index is 1070. The molecule has 4 rings (SSSR count). The van der Waals surface area contributed by atoms with Crippen molar-refractivity contribution in [1.82, 2.24) is 9.88 Å². The maximum Gasteiger partial charge on any atom is 0.273 e. The van der Waals surface area contributed by atoms with E-state index in [0.29, 0.717) is 34.3 Å². The van der Waals surface area contributed by atoms with E-state index in [1.54, 1.807) is 18.2 Å². The molecule has 0 saturated carbocycles. The molecule has 1 aromatic heterocycles. The normalized spacial score (nSPS) is 15.6. The third kappa shape index (κ3) is 4.22. The Morgan fingerprint density at radius 1 is 1.20 bits per heavy atom. The van der Waals surface area contributed by atoms with Crippen molar-refractivity contribution in [3.63, 3.8) is 0 Å². The van der Waals surface area contributed by atoms with E-state index in [2.05, 4.69) is 4.98 Å². The lowest BCUT2D eigenvalue weighted by Gasteiger charge is -2.29. The van der Waals surface area contributed by atoms with E-state index >= 15 is 0 Å². The molecule has 0 spiro atoms. The van der Waals surface area contributed by atoms with Crippen LogP contribution >= 0.6 is 11.3 Å². The summed E-state index contributed by atoms with van der Waals surface area (Å²) < 4.78 is 39.6. The van der Waals surface area contributed by atoms with Gasteiger partial charge in [0.2, 0.25) is 6.10 Å². The van der Waals surface area contributed by atoms with E-state index in [9.17, 15) is 13.6 Å². The van der Waals surface area contributed by atoms with Crippen LogP contribution in [0.1, 0.15) is 6.42 Å². The molecule has 0 saturated heterocycles. The molecule has 1 atom stereocenters. The number of para-hydroxylation sites is 2. The standard InChI is InChI=1S/C21H21F2N3O3S/c1-25(2)8-5-9-26(21-24-19-14(23)10-13(22)11-18(19)30-21)20(27)17-12-28-15-6-3-4-7-16(15)29-17/h3-4,6-7,10-11,17H,5,8-9,12H2,1-2H3. The Hall–Kier alpha value is -2.78. The molecule has 0 radical (unpaired) electrons. The monoisotopic (exact) mass is 433 g/mol. The van der Waals surface area contributed by atoms with E-state index in [-0.39, 0.29) is 18.0 Å². The van der Waals surface area contributed by atoms with Crippen LogP contribution in [0.4, 0.5) is 13.9 Å². The largest absolute Gasteiger partial charge is 0.485 e. The number of rotatable bonds is 6. The molecule has 0 fully saturated rings. The van der Waals surface area contributed by atoms with E-state index in [1.807, 2.05) is 25.1 Å². The van der Waals surface area contributed by atoms with E-state index in [0.717, 1.165) is 23.9 Å². The molecule has 1 aliphatic heterocycles.